The van der Waals surface area contributed by atoms with Gasteiger partial charge in [0, 0.05) is 18.0 Å². The molecule has 0 spiro atoms. The van der Waals surface area contributed by atoms with Crippen molar-refractivity contribution in [1.82, 2.24) is 5.32 Å². The molecule has 0 aliphatic rings. The fraction of sp³-hybridized carbons (Fsp3) is 0.273. The van der Waals surface area contributed by atoms with Crippen LogP contribution in [0.25, 0.3) is 0 Å². The van der Waals surface area contributed by atoms with Crippen molar-refractivity contribution >= 4 is 62.6 Å². The average Bonchev–Trinajstić information content (AvgIpc) is 2.83. The molecular weight excluding hydrogens is 361 g/mol. The van der Waals surface area contributed by atoms with Crippen molar-refractivity contribution in [2.45, 2.75) is 13.0 Å². The van der Waals surface area contributed by atoms with E-state index in [2.05, 4.69) is 38.8 Å². The van der Waals surface area contributed by atoms with Crippen LogP contribution in [0.2, 0.25) is 4.34 Å². The molecule has 0 radical (unpaired) electrons. The van der Waals surface area contributed by atoms with Gasteiger partial charge in [0.2, 0.25) is 0 Å². The van der Waals surface area contributed by atoms with E-state index in [0.717, 1.165) is 23.8 Å². The van der Waals surface area contributed by atoms with Gasteiger partial charge in [0.05, 0.1) is 8.12 Å². The van der Waals surface area contributed by atoms with Crippen LogP contribution in [0.15, 0.2) is 27.4 Å². The van der Waals surface area contributed by atoms with Crippen LogP contribution in [0.4, 0.5) is 0 Å². The lowest BCUT2D eigenvalue weighted by Crippen LogP contribution is -2.15. The molecule has 1 nitrogen and oxygen atoms in total. The number of rotatable bonds is 5. The number of halogens is 3. The first-order chi connectivity index (χ1) is 7.74. The van der Waals surface area contributed by atoms with Crippen LogP contribution in [0.5, 0.6) is 0 Å². The van der Waals surface area contributed by atoms with Gasteiger partial charge in [0.25, 0.3) is 0 Å². The molecule has 17 heavy (non-hydrogen) atoms. The molecule has 0 aliphatic carbocycles. The van der Waals surface area contributed by atoms with Crippen LogP contribution in [0, 0.1) is 0 Å². The number of thiophene rings is 2. The van der Waals surface area contributed by atoms with E-state index in [1.165, 1.54) is 14.2 Å². The molecule has 0 saturated heterocycles. The quantitative estimate of drug-likeness (QED) is 0.729. The van der Waals surface area contributed by atoms with E-state index >= 15 is 0 Å². The van der Waals surface area contributed by atoms with Gasteiger partial charge < -0.3 is 5.32 Å². The first-order valence-electron chi connectivity index (χ1n) is 4.92. The summed E-state index contributed by atoms with van der Waals surface area (Å²) in [5.41, 5.74) is 1.33. The Kier molecular flexibility index (Phi) is 7.07. The summed E-state index contributed by atoms with van der Waals surface area (Å²) in [4.78, 5) is 1.34. The lowest BCUT2D eigenvalue weighted by Gasteiger charge is -2.01. The summed E-state index contributed by atoms with van der Waals surface area (Å²) < 4.78 is 2.06. The molecule has 0 amide bonds. The van der Waals surface area contributed by atoms with Crippen molar-refractivity contribution < 1.29 is 0 Å². The minimum Gasteiger partial charge on any atom is -0.312 e. The van der Waals surface area contributed by atoms with Crippen LogP contribution in [0.3, 0.4) is 0 Å². The van der Waals surface area contributed by atoms with Gasteiger partial charge in [0.15, 0.2) is 0 Å². The zero-order valence-corrected chi connectivity index (χ0v) is 13.7. The van der Waals surface area contributed by atoms with Crippen LogP contribution < -0.4 is 5.32 Å². The minimum atomic E-state index is 0. The van der Waals surface area contributed by atoms with E-state index < -0.39 is 0 Å². The zero-order valence-electron chi connectivity index (χ0n) is 8.91. The van der Waals surface area contributed by atoms with Crippen LogP contribution in [0.1, 0.15) is 10.4 Å². The van der Waals surface area contributed by atoms with Gasteiger partial charge in [-0.15, -0.1) is 35.1 Å². The van der Waals surface area contributed by atoms with Gasteiger partial charge in [-0.2, -0.15) is 0 Å². The Labute approximate surface area is 129 Å². The summed E-state index contributed by atoms with van der Waals surface area (Å²) in [7, 11) is 0. The van der Waals surface area contributed by atoms with Crippen LogP contribution in [-0.4, -0.2) is 6.54 Å². The van der Waals surface area contributed by atoms with Crippen molar-refractivity contribution in [1.29, 1.82) is 0 Å². The highest BCUT2D eigenvalue weighted by atomic mass is 79.9. The molecular formula is C11H12BrCl2NS2. The van der Waals surface area contributed by atoms with E-state index in [9.17, 15) is 0 Å². The van der Waals surface area contributed by atoms with Gasteiger partial charge in [-0.25, -0.2) is 0 Å². The van der Waals surface area contributed by atoms with Gasteiger partial charge in [-0.3, -0.25) is 0 Å². The van der Waals surface area contributed by atoms with Gasteiger partial charge in [-0.1, -0.05) is 11.6 Å². The summed E-state index contributed by atoms with van der Waals surface area (Å²) >= 11 is 12.7. The molecule has 0 bridgehead atoms. The molecule has 0 unspecified atom stereocenters. The zero-order chi connectivity index (χ0) is 11.4. The van der Waals surface area contributed by atoms with Crippen molar-refractivity contribution in [2.24, 2.45) is 0 Å². The molecule has 0 aromatic carbocycles. The maximum Gasteiger partial charge on any atom is 0.0931 e. The van der Waals surface area contributed by atoms with E-state index in [0.29, 0.717) is 0 Å². The van der Waals surface area contributed by atoms with Crippen molar-refractivity contribution in [3.63, 3.8) is 0 Å². The SMILES string of the molecule is Cl.Clc1ccc(CCNCc2csc(Br)c2)s1. The maximum atomic E-state index is 5.87. The van der Waals surface area contributed by atoms with Crippen molar-refractivity contribution in [3.05, 3.63) is 42.1 Å². The normalized spacial score (nSPS) is 10.2. The van der Waals surface area contributed by atoms with Crippen LogP contribution in [-0.2, 0) is 13.0 Å². The number of hydrogen-bond donors (Lipinski definition) is 1. The lowest BCUT2D eigenvalue weighted by atomic mass is 10.3. The average molecular weight is 373 g/mol. The van der Waals surface area contributed by atoms with Crippen molar-refractivity contribution in [2.75, 3.05) is 6.54 Å². The lowest BCUT2D eigenvalue weighted by molar-refractivity contribution is 0.692. The van der Waals surface area contributed by atoms with Gasteiger partial charge >= 0.3 is 0 Å². The van der Waals surface area contributed by atoms with Gasteiger partial charge in [0.1, 0.15) is 0 Å². The second-order valence-electron chi connectivity index (χ2n) is 3.39. The summed E-state index contributed by atoms with van der Waals surface area (Å²) in [5, 5.41) is 5.59. The van der Waals surface area contributed by atoms with Crippen LogP contribution >= 0.6 is 62.6 Å². The fourth-order valence-electron chi connectivity index (χ4n) is 1.37. The maximum absolute atomic E-state index is 5.87. The molecule has 2 heterocycles. The smallest absolute Gasteiger partial charge is 0.0931 e. The molecule has 0 saturated carbocycles. The molecule has 6 heteroatoms. The van der Waals surface area contributed by atoms with Crippen molar-refractivity contribution in [3.8, 4) is 0 Å². The molecule has 1 N–H and O–H groups in total. The molecule has 2 rings (SSSR count). The predicted molar refractivity (Wildman–Crippen MR) is 84.0 cm³/mol. The largest absolute Gasteiger partial charge is 0.312 e. The highest BCUT2D eigenvalue weighted by Crippen LogP contribution is 2.22. The van der Waals surface area contributed by atoms with Gasteiger partial charge in [-0.05, 0) is 51.5 Å². The number of nitrogens with one attached hydrogen (secondary N) is 1. The summed E-state index contributed by atoms with van der Waals surface area (Å²) in [6, 6.07) is 6.20. The minimum absolute atomic E-state index is 0. The third-order valence-corrected chi connectivity index (χ3v) is 4.97. The second-order valence-corrected chi connectivity index (χ2v) is 7.48. The highest BCUT2D eigenvalue weighted by molar-refractivity contribution is 9.11. The molecule has 0 aliphatic heterocycles. The third-order valence-electron chi connectivity index (χ3n) is 2.13. The Balaban J connectivity index is 0.00000144. The fourth-order valence-corrected chi connectivity index (χ4v) is 3.67. The highest BCUT2D eigenvalue weighted by Gasteiger charge is 1.99. The molecule has 94 valence electrons. The number of hydrogen-bond acceptors (Lipinski definition) is 3. The Bertz CT molecular complexity index is 414. The van der Waals surface area contributed by atoms with E-state index in [4.69, 9.17) is 11.6 Å². The van der Waals surface area contributed by atoms with E-state index in [1.807, 2.05) is 6.07 Å². The summed E-state index contributed by atoms with van der Waals surface area (Å²) in [6.07, 6.45) is 1.04. The first kappa shape index (κ1) is 15.5. The topological polar surface area (TPSA) is 12.0 Å². The summed E-state index contributed by atoms with van der Waals surface area (Å²) in [6.45, 7) is 1.92. The van der Waals surface area contributed by atoms with E-state index in [1.54, 1.807) is 22.7 Å². The Hall–Kier alpha value is 0.420. The third kappa shape index (κ3) is 5.28. The Morgan fingerprint density at radius 2 is 2.18 bits per heavy atom. The molecule has 2 aromatic heterocycles. The molecule has 0 atom stereocenters. The Morgan fingerprint density at radius 3 is 2.76 bits per heavy atom. The predicted octanol–water partition coefficient (Wildman–Crippen LogP) is 4.98. The standard InChI is InChI=1S/C11H11BrClNS2.ClH/c12-10-5-8(7-15-10)6-14-4-3-9-1-2-11(13)16-9;/h1-2,5,7,14H,3-4,6H2;1H. The molecule has 0 fully saturated rings. The molecule has 2 aromatic rings. The van der Waals surface area contributed by atoms with E-state index in [-0.39, 0.29) is 12.4 Å². The monoisotopic (exact) mass is 371 g/mol. The second kappa shape index (κ2) is 7.77. The summed E-state index contributed by atoms with van der Waals surface area (Å²) in [5.74, 6) is 0. The Morgan fingerprint density at radius 1 is 1.35 bits per heavy atom. The first-order valence-corrected chi connectivity index (χ1v) is 7.78.